The van der Waals surface area contributed by atoms with Crippen LogP contribution in [0.25, 0.3) is 0 Å². The molecule has 1 heterocycles. The van der Waals surface area contributed by atoms with E-state index in [9.17, 15) is 14.4 Å². The molecule has 8 heteroatoms. The summed E-state index contributed by atoms with van der Waals surface area (Å²) in [6.45, 7) is 0.870. The van der Waals surface area contributed by atoms with Gasteiger partial charge in [0.05, 0.1) is 0 Å². The summed E-state index contributed by atoms with van der Waals surface area (Å²) < 4.78 is 0. The van der Waals surface area contributed by atoms with E-state index in [1.165, 1.54) is 6.42 Å². The number of nitrogens with zero attached hydrogens (tertiary/aromatic N) is 2. The minimum atomic E-state index is -0.733. The second-order valence-electron chi connectivity index (χ2n) is 8.19. The lowest BCUT2D eigenvalue weighted by Crippen LogP contribution is -2.52. The Kier molecular flexibility index (Phi) is 7.76. The van der Waals surface area contributed by atoms with Gasteiger partial charge in [-0.05, 0) is 31.6 Å². The summed E-state index contributed by atoms with van der Waals surface area (Å²) in [4.78, 5) is 40.1. The predicted molar refractivity (Wildman–Crippen MR) is 111 cm³/mol. The van der Waals surface area contributed by atoms with Gasteiger partial charge < -0.3 is 10.2 Å². The Morgan fingerprint density at radius 3 is 2.29 bits per heavy atom. The number of hydrogen-bond donors (Lipinski definition) is 2. The van der Waals surface area contributed by atoms with E-state index in [2.05, 4.69) is 15.8 Å². The van der Waals surface area contributed by atoms with Crippen LogP contribution in [0.1, 0.15) is 64.2 Å². The quantitative estimate of drug-likeness (QED) is 0.520. The largest absolute Gasteiger partial charge is 0.352 e. The van der Waals surface area contributed by atoms with E-state index < -0.39 is 17.7 Å². The SMILES string of the molecule is CN1CCSC1=NNC(=O)C(=O)C(NC(=O)C1CCCCC1)C1CCCCC1. The van der Waals surface area contributed by atoms with Gasteiger partial charge in [-0.15, -0.1) is 5.10 Å². The van der Waals surface area contributed by atoms with Gasteiger partial charge in [-0.1, -0.05) is 50.3 Å². The van der Waals surface area contributed by atoms with Crippen LogP contribution in [0.4, 0.5) is 0 Å². The van der Waals surface area contributed by atoms with Crippen LogP contribution in [0.3, 0.4) is 0 Å². The van der Waals surface area contributed by atoms with Crippen LogP contribution >= 0.6 is 11.8 Å². The molecule has 7 nitrogen and oxygen atoms in total. The second-order valence-corrected chi connectivity index (χ2v) is 9.25. The van der Waals surface area contributed by atoms with E-state index in [4.69, 9.17) is 0 Å². The lowest BCUT2D eigenvalue weighted by atomic mass is 9.81. The van der Waals surface area contributed by atoms with Crippen molar-refractivity contribution in [3.8, 4) is 0 Å². The fraction of sp³-hybridized carbons (Fsp3) is 0.800. The zero-order valence-electron chi connectivity index (χ0n) is 16.7. The summed E-state index contributed by atoms with van der Waals surface area (Å²) in [7, 11) is 1.90. The zero-order chi connectivity index (χ0) is 19.9. The van der Waals surface area contributed by atoms with Crippen LogP contribution in [0.2, 0.25) is 0 Å². The first-order valence-electron chi connectivity index (χ1n) is 10.6. The number of hydrogen-bond acceptors (Lipinski definition) is 5. The monoisotopic (exact) mass is 408 g/mol. The highest BCUT2D eigenvalue weighted by molar-refractivity contribution is 8.14. The molecule has 1 atom stereocenters. The Balaban J connectivity index is 1.65. The summed E-state index contributed by atoms with van der Waals surface area (Å²) in [6.07, 6.45) is 10.0. The molecular weight excluding hydrogens is 376 g/mol. The number of carbonyl (C=O) groups is 3. The van der Waals surface area contributed by atoms with Crippen molar-refractivity contribution >= 4 is 34.5 Å². The van der Waals surface area contributed by atoms with Gasteiger partial charge in [-0.3, -0.25) is 14.4 Å². The van der Waals surface area contributed by atoms with Gasteiger partial charge in [-0.25, -0.2) is 5.43 Å². The fourth-order valence-corrected chi connectivity index (χ4v) is 5.36. The highest BCUT2D eigenvalue weighted by atomic mass is 32.2. The van der Waals surface area contributed by atoms with E-state index in [1.807, 2.05) is 11.9 Å². The lowest BCUT2D eigenvalue weighted by Gasteiger charge is -2.31. The number of nitrogens with one attached hydrogen (secondary N) is 2. The summed E-state index contributed by atoms with van der Waals surface area (Å²) in [5.41, 5.74) is 2.41. The highest BCUT2D eigenvalue weighted by Crippen LogP contribution is 2.29. The lowest BCUT2D eigenvalue weighted by molar-refractivity contribution is -0.141. The van der Waals surface area contributed by atoms with Crippen molar-refractivity contribution in [1.82, 2.24) is 15.6 Å². The molecule has 0 spiro atoms. The van der Waals surface area contributed by atoms with Crippen molar-refractivity contribution in [2.24, 2.45) is 16.9 Å². The van der Waals surface area contributed by atoms with Gasteiger partial charge in [0, 0.05) is 25.3 Å². The average molecular weight is 409 g/mol. The van der Waals surface area contributed by atoms with Crippen molar-refractivity contribution in [1.29, 1.82) is 0 Å². The van der Waals surface area contributed by atoms with Gasteiger partial charge in [0.2, 0.25) is 11.7 Å². The van der Waals surface area contributed by atoms with Gasteiger partial charge in [0.15, 0.2) is 5.17 Å². The normalized spacial score (nSPS) is 24.2. The molecule has 0 radical (unpaired) electrons. The summed E-state index contributed by atoms with van der Waals surface area (Å²) in [6, 6.07) is -0.733. The first-order chi connectivity index (χ1) is 13.6. The van der Waals surface area contributed by atoms with E-state index in [-0.39, 0.29) is 17.7 Å². The van der Waals surface area contributed by atoms with E-state index in [0.717, 1.165) is 70.1 Å². The molecular formula is C20H32N4O3S. The fourth-order valence-electron chi connectivity index (χ4n) is 4.39. The Morgan fingerprint density at radius 2 is 1.68 bits per heavy atom. The molecule has 2 amide bonds. The molecule has 0 aromatic heterocycles. The van der Waals surface area contributed by atoms with Crippen LogP contribution in [0.5, 0.6) is 0 Å². The molecule has 0 aromatic rings. The molecule has 0 aromatic carbocycles. The molecule has 156 valence electrons. The molecule has 3 rings (SSSR count). The van der Waals surface area contributed by atoms with Gasteiger partial charge >= 0.3 is 5.91 Å². The minimum Gasteiger partial charge on any atom is -0.352 e. The Hall–Kier alpha value is -1.57. The highest BCUT2D eigenvalue weighted by Gasteiger charge is 2.36. The summed E-state index contributed by atoms with van der Waals surface area (Å²) in [5.74, 6) is -0.426. The predicted octanol–water partition coefficient (Wildman–Crippen LogP) is 2.27. The maximum atomic E-state index is 12.9. The van der Waals surface area contributed by atoms with Crippen LogP contribution in [-0.4, -0.2) is 53.1 Å². The van der Waals surface area contributed by atoms with Crippen molar-refractivity contribution in [3.63, 3.8) is 0 Å². The number of amidine groups is 1. The standard InChI is InChI=1S/C20H32N4O3S/c1-24-12-13-28-20(24)23-22-19(27)17(25)16(14-8-4-2-5-9-14)21-18(26)15-10-6-3-7-11-15/h14-16H,2-13H2,1H3,(H,21,26)(H,22,27). The van der Waals surface area contributed by atoms with Crippen LogP contribution in [0.15, 0.2) is 5.10 Å². The third-order valence-electron chi connectivity index (χ3n) is 6.14. The molecule has 28 heavy (non-hydrogen) atoms. The zero-order valence-corrected chi connectivity index (χ0v) is 17.6. The van der Waals surface area contributed by atoms with Crippen LogP contribution in [0, 0.1) is 11.8 Å². The Labute approximate surface area is 171 Å². The number of rotatable bonds is 6. The minimum absolute atomic E-state index is 0.0283. The molecule has 1 unspecified atom stereocenters. The summed E-state index contributed by atoms with van der Waals surface area (Å²) >= 11 is 1.55. The van der Waals surface area contributed by atoms with E-state index >= 15 is 0 Å². The number of hydrazone groups is 1. The maximum absolute atomic E-state index is 12.9. The second kappa shape index (κ2) is 10.3. The van der Waals surface area contributed by atoms with Crippen molar-refractivity contribution in [2.75, 3.05) is 19.3 Å². The number of Topliss-reactive ketones (excluding diaryl/α,β-unsaturated/α-hetero) is 1. The third-order valence-corrected chi connectivity index (χ3v) is 7.19. The first kappa shape index (κ1) is 21.1. The molecule has 3 aliphatic rings. The van der Waals surface area contributed by atoms with Gasteiger partial charge in [0.25, 0.3) is 0 Å². The first-order valence-corrected chi connectivity index (χ1v) is 11.6. The topological polar surface area (TPSA) is 90.9 Å². The van der Waals surface area contributed by atoms with E-state index in [1.54, 1.807) is 11.8 Å². The molecule has 2 saturated carbocycles. The maximum Gasteiger partial charge on any atom is 0.309 e. The Morgan fingerprint density at radius 1 is 1.04 bits per heavy atom. The molecule has 1 aliphatic heterocycles. The molecule has 0 bridgehead atoms. The van der Waals surface area contributed by atoms with Crippen molar-refractivity contribution in [3.05, 3.63) is 0 Å². The molecule has 3 fully saturated rings. The smallest absolute Gasteiger partial charge is 0.309 e. The molecule has 1 saturated heterocycles. The van der Waals surface area contributed by atoms with Crippen molar-refractivity contribution < 1.29 is 14.4 Å². The van der Waals surface area contributed by atoms with Crippen LogP contribution in [-0.2, 0) is 14.4 Å². The summed E-state index contributed by atoms with van der Waals surface area (Å²) in [5, 5.41) is 7.76. The number of amides is 2. The van der Waals surface area contributed by atoms with Gasteiger partial charge in [-0.2, -0.15) is 0 Å². The molecule has 2 N–H and O–H groups in total. The number of thioether (sulfide) groups is 1. The van der Waals surface area contributed by atoms with E-state index in [0.29, 0.717) is 5.17 Å². The van der Waals surface area contributed by atoms with Gasteiger partial charge in [0.1, 0.15) is 6.04 Å². The number of ketones is 1. The van der Waals surface area contributed by atoms with Crippen LogP contribution < -0.4 is 10.7 Å². The molecule has 2 aliphatic carbocycles. The number of carbonyl (C=O) groups excluding carboxylic acids is 3. The van der Waals surface area contributed by atoms with Crippen molar-refractivity contribution in [2.45, 2.75) is 70.3 Å². The Bertz CT molecular complexity index is 613. The average Bonchev–Trinajstić information content (AvgIpc) is 3.15. The third kappa shape index (κ3) is 5.49.